The smallest absolute Gasteiger partial charge is 0.142 e. The monoisotopic (exact) mass is 314 g/mol. The lowest BCUT2D eigenvalue weighted by molar-refractivity contribution is -0.00665. The molecule has 2 fully saturated rings. The molecule has 0 N–H and O–H groups in total. The van der Waals surface area contributed by atoms with E-state index < -0.39 is 11.6 Å². The summed E-state index contributed by atoms with van der Waals surface area (Å²) in [6, 6.07) is 3.42. The lowest BCUT2D eigenvalue weighted by atomic mass is 9.97. The van der Waals surface area contributed by atoms with Gasteiger partial charge < -0.3 is 0 Å². The maximum atomic E-state index is 13.8. The summed E-state index contributed by atoms with van der Waals surface area (Å²) < 4.78 is 27.2. The van der Waals surface area contributed by atoms with Crippen molar-refractivity contribution in [3.63, 3.8) is 0 Å². The molecule has 2 heterocycles. The van der Waals surface area contributed by atoms with Gasteiger partial charge in [0.05, 0.1) is 5.02 Å². The summed E-state index contributed by atoms with van der Waals surface area (Å²) in [5, 5.41) is -0.0789. The van der Waals surface area contributed by atoms with Gasteiger partial charge in [-0.15, -0.1) is 0 Å². The molecule has 1 aromatic carbocycles. The molecule has 21 heavy (non-hydrogen) atoms. The van der Waals surface area contributed by atoms with E-state index >= 15 is 0 Å². The molecule has 0 aromatic heterocycles. The first kappa shape index (κ1) is 15.2. The van der Waals surface area contributed by atoms with Gasteiger partial charge >= 0.3 is 0 Å². The number of nitrogens with zero attached hydrogens (tertiary/aromatic N) is 2. The van der Waals surface area contributed by atoms with Crippen LogP contribution in [0.3, 0.4) is 0 Å². The normalized spacial score (nSPS) is 25.0. The molecule has 2 saturated heterocycles. The summed E-state index contributed by atoms with van der Waals surface area (Å²) in [5.41, 5.74) is 0.279. The minimum Gasteiger partial charge on any atom is -0.296 e. The van der Waals surface area contributed by atoms with E-state index in [9.17, 15) is 8.78 Å². The topological polar surface area (TPSA) is 6.48 Å². The maximum Gasteiger partial charge on any atom is 0.142 e. The molecule has 1 atom stereocenters. The quantitative estimate of drug-likeness (QED) is 0.785. The molecule has 1 aromatic rings. The number of hydrogen-bond donors (Lipinski definition) is 0. The van der Waals surface area contributed by atoms with E-state index in [-0.39, 0.29) is 10.6 Å². The second-order valence-electron chi connectivity index (χ2n) is 6.25. The van der Waals surface area contributed by atoms with Crippen LogP contribution in [-0.4, -0.2) is 41.5 Å². The number of piperidine rings is 1. The van der Waals surface area contributed by atoms with Crippen molar-refractivity contribution >= 4 is 11.6 Å². The fourth-order valence-electron chi connectivity index (χ4n) is 3.48. The van der Waals surface area contributed by atoms with Gasteiger partial charge in [-0.2, -0.15) is 0 Å². The Morgan fingerprint density at radius 1 is 1.19 bits per heavy atom. The number of hydrogen-bond acceptors (Lipinski definition) is 2. The minimum atomic E-state index is -0.546. The van der Waals surface area contributed by atoms with Crippen LogP contribution >= 0.6 is 11.6 Å². The van der Waals surface area contributed by atoms with Gasteiger partial charge in [0.2, 0.25) is 0 Å². The van der Waals surface area contributed by atoms with Gasteiger partial charge in [0, 0.05) is 37.3 Å². The van der Waals surface area contributed by atoms with E-state index in [1.807, 2.05) is 0 Å². The third kappa shape index (κ3) is 3.08. The SMILES string of the molecule is C[C@@H]1CCCCN1C1CN(Cc2c(F)ccc(F)c2Cl)C1. The van der Waals surface area contributed by atoms with Crippen molar-refractivity contribution in [2.24, 2.45) is 0 Å². The largest absolute Gasteiger partial charge is 0.296 e. The van der Waals surface area contributed by atoms with Crippen LogP contribution in [0.15, 0.2) is 12.1 Å². The van der Waals surface area contributed by atoms with Crippen molar-refractivity contribution in [3.05, 3.63) is 34.4 Å². The fourth-order valence-corrected chi connectivity index (χ4v) is 3.69. The highest BCUT2D eigenvalue weighted by molar-refractivity contribution is 6.31. The van der Waals surface area contributed by atoms with Gasteiger partial charge in [-0.3, -0.25) is 9.80 Å². The Balaban J connectivity index is 1.59. The van der Waals surface area contributed by atoms with E-state index in [4.69, 9.17) is 11.6 Å². The molecule has 3 rings (SSSR count). The summed E-state index contributed by atoms with van der Waals surface area (Å²) in [6.07, 6.45) is 3.85. The molecule has 0 aliphatic carbocycles. The van der Waals surface area contributed by atoms with E-state index in [1.54, 1.807) is 0 Å². The van der Waals surface area contributed by atoms with Crippen LogP contribution in [0, 0.1) is 11.6 Å². The van der Waals surface area contributed by atoms with Crippen molar-refractivity contribution in [2.45, 2.75) is 44.8 Å². The van der Waals surface area contributed by atoms with Gasteiger partial charge in [-0.25, -0.2) is 8.78 Å². The fraction of sp³-hybridized carbons (Fsp3) is 0.625. The first-order valence-electron chi connectivity index (χ1n) is 7.66. The summed E-state index contributed by atoms with van der Waals surface area (Å²) in [7, 11) is 0. The van der Waals surface area contributed by atoms with Crippen LogP contribution in [0.25, 0.3) is 0 Å². The molecule has 0 unspecified atom stereocenters. The maximum absolute atomic E-state index is 13.8. The highest BCUT2D eigenvalue weighted by Gasteiger charge is 2.35. The average molecular weight is 315 g/mol. The second kappa shape index (κ2) is 6.19. The molecule has 5 heteroatoms. The van der Waals surface area contributed by atoms with Crippen LogP contribution in [0.1, 0.15) is 31.7 Å². The van der Waals surface area contributed by atoms with Crippen LogP contribution < -0.4 is 0 Å². The van der Waals surface area contributed by atoms with E-state index in [0.717, 1.165) is 31.8 Å². The Labute approximate surface area is 129 Å². The molecule has 2 aliphatic heterocycles. The Bertz CT molecular complexity index is 517. The molecule has 0 spiro atoms. The van der Waals surface area contributed by atoms with Crippen LogP contribution in [0.2, 0.25) is 5.02 Å². The lowest BCUT2D eigenvalue weighted by Crippen LogP contribution is -2.61. The predicted molar refractivity (Wildman–Crippen MR) is 80.5 cm³/mol. The van der Waals surface area contributed by atoms with Crippen molar-refractivity contribution in [1.29, 1.82) is 0 Å². The Kier molecular flexibility index (Phi) is 4.48. The zero-order valence-electron chi connectivity index (χ0n) is 12.3. The van der Waals surface area contributed by atoms with Gasteiger partial charge in [0.25, 0.3) is 0 Å². The van der Waals surface area contributed by atoms with Crippen molar-refractivity contribution in [2.75, 3.05) is 19.6 Å². The standard InChI is InChI=1S/C16H21ClF2N2/c1-11-4-2-3-7-21(11)12-8-20(9-12)10-13-14(18)5-6-15(19)16(13)17/h5-6,11-12H,2-4,7-10H2,1H3/t11-/m1/s1. The first-order valence-corrected chi connectivity index (χ1v) is 8.04. The zero-order valence-corrected chi connectivity index (χ0v) is 13.0. The third-order valence-corrected chi connectivity index (χ3v) is 5.19. The average Bonchev–Trinajstić information content (AvgIpc) is 2.42. The first-order chi connectivity index (χ1) is 10.1. The zero-order chi connectivity index (χ0) is 15.0. The molecule has 116 valence electrons. The van der Waals surface area contributed by atoms with Gasteiger partial charge in [0.1, 0.15) is 11.6 Å². The van der Waals surface area contributed by atoms with Crippen LogP contribution in [0.4, 0.5) is 8.78 Å². The summed E-state index contributed by atoms with van der Waals surface area (Å²) in [4.78, 5) is 4.69. The summed E-state index contributed by atoms with van der Waals surface area (Å²) >= 11 is 5.88. The van der Waals surface area contributed by atoms with E-state index in [2.05, 4.69) is 16.7 Å². The lowest BCUT2D eigenvalue weighted by Gasteiger charge is -2.49. The van der Waals surface area contributed by atoms with Crippen molar-refractivity contribution in [1.82, 2.24) is 9.80 Å². The highest BCUT2D eigenvalue weighted by Crippen LogP contribution is 2.29. The van der Waals surface area contributed by atoms with Gasteiger partial charge in [-0.05, 0) is 38.4 Å². The molecule has 0 amide bonds. The molecular formula is C16H21ClF2N2. The van der Waals surface area contributed by atoms with Crippen LogP contribution in [0.5, 0.6) is 0 Å². The number of rotatable bonds is 3. The van der Waals surface area contributed by atoms with E-state index in [1.165, 1.54) is 19.3 Å². The summed E-state index contributed by atoms with van der Waals surface area (Å²) in [6.45, 7) is 5.66. The van der Waals surface area contributed by atoms with Crippen molar-refractivity contribution in [3.8, 4) is 0 Å². The molecule has 2 aliphatic rings. The molecule has 0 radical (unpaired) electrons. The third-order valence-electron chi connectivity index (χ3n) is 4.78. The van der Waals surface area contributed by atoms with Crippen LogP contribution in [-0.2, 0) is 6.54 Å². The number of benzene rings is 1. The number of halogens is 3. The molecule has 2 nitrogen and oxygen atoms in total. The van der Waals surface area contributed by atoms with Gasteiger partial charge in [0.15, 0.2) is 0 Å². The van der Waals surface area contributed by atoms with Gasteiger partial charge in [-0.1, -0.05) is 18.0 Å². The number of likely N-dealkylation sites (tertiary alicyclic amines) is 2. The predicted octanol–water partition coefficient (Wildman–Crippen LogP) is 3.68. The summed E-state index contributed by atoms with van der Waals surface area (Å²) in [5.74, 6) is -0.967. The Hall–Kier alpha value is -0.710. The van der Waals surface area contributed by atoms with E-state index in [0.29, 0.717) is 18.6 Å². The Morgan fingerprint density at radius 2 is 1.90 bits per heavy atom. The van der Waals surface area contributed by atoms with Crippen molar-refractivity contribution < 1.29 is 8.78 Å². The highest BCUT2D eigenvalue weighted by atomic mass is 35.5. The Morgan fingerprint density at radius 3 is 2.62 bits per heavy atom. The molecule has 0 saturated carbocycles. The second-order valence-corrected chi connectivity index (χ2v) is 6.63. The minimum absolute atomic E-state index is 0.0789. The molecular weight excluding hydrogens is 294 g/mol. The molecule has 0 bridgehead atoms.